The van der Waals surface area contributed by atoms with Crippen molar-refractivity contribution in [3.8, 4) is 0 Å². The lowest BCUT2D eigenvalue weighted by Gasteiger charge is -2.20. The molecule has 0 bridgehead atoms. The van der Waals surface area contributed by atoms with E-state index in [0.29, 0.717) is 13.1 Å². The lowest BCUT2D eigenvalue weighted by atomic mass is 10.0. The van der Waals surface area contributed by atoms with Crippen molar-refractivity contribution in [1.29, 1.82) is 0 Å². The number of nitrogens with one attached hydrogen (secondary N) is 1. The van der Waals surface area contributed by atoms with Crippen LogP contribution in [0.3, 0.4) is 0 Å². The van der Waals surface area contributed by atoms with E-state index in [2.05, 4.69) is 28.2 Å². The number of likely N-dealkylation sites (N-methyl/N-ethyl adjacent to an activating group) is 1. The predicted octanol–water partition coefficient (Wildman–Crippen LogP) is 3.74. The summed E-state index contributed by atoms with van der Waals surface area (Å²) in [7, 11) is 1.91. The first-order valence-corrected chi connectivity index (χ1v) is 8.13. The molecule has 118 valence electrons. The molecule has 1 unspecified atom stereocenters. The van der Waals surface area contributed by atoms with Crippen LogP contribution >= 0.6 is 15.9 Å². The van der Waals surface area contributed by atoms with E-state index in [4.69, 9.17) is 4.42 Å². The van der Waals surface area contributed by atoms with Gasteiger partial charge in [-0.1, -0.05) is 35.0 Å². The number of amides is 1. The van der Waals surface area contributed by atoms with Crippen LogP contribution in [0.1, 0.15) is 30.7 Å². The fourth-order valence-corrected chi connectivity index (χ4v) is 2.59. The van der Waals surface area contributed by atoms with E-state index < -0.39 is 0 Å². The Labute approximate surface area is 139 Å². The number of hydrogen-bond acceptors (Lipinski definition) is 3. The summed E-state index contributed by atoms with van der Waals surface area (Å²) in [6.07, 6.45) is 2.50. The van der Waals surface area contributed by atoms with Crippen LogP contribution in [0.15, 0.2) is 51.6 Å². The molecular formula is C17H21BrN2O2. The van der Waals surface area contributed by atoms with Gasteiger partial charge in [-0.15, -0.1) is 0 Å². The monoisotopic (exact) mass is 364 g/mol. The highest BCUT2D eigenvalue weighted by molar-refractivity contribution is 9.10. The van der Waals surface area contributed by atoms with Gasteiger partial charge in [0.25, 0.3) is 0 Å². The third-order valence-electron chi connectivity index (χ3n) is 3.44. The highest BCUT2D eigenvalue weighted by atomic mass is 79.9. The van der Waals surface area contributed by atoms with E-state index in [1.165, 1.54) is 0 Å². The van der Waals surface area contributed by atoms with Gasteiger partial charge in [0.2, 0.25) is 5.91 Å². The average Bonchev–Trinajstić information content (AvgIpc) is 2.98. The summed E-state index contributed by atoms with van der Waals surface area (Å²) in [5, 5.41) is 3.09. The summed E-state index contributed by atoms with van der Waals surface area (Å²) in [5.41, 5.74) is 1.12. The van der Waals surface area contributed by atoms with E-state index >= 15 is 0 Å². The Hall–Kier alpha value is -1.59. The van der Waals surface area contributed by atoms with Crippen LogP contribution in [0.5, 0.6) is 0 Å². The molecule has 1 aromatic carbocycles. The molecule has 5 heteroatoms. The lowest BCUT2D eigenvalue weighted by molar-refractivity contribution is -0.122. The predicted molar refractivity (Wildman–Crippen MR) is 90.4 cm³/mol. The molecule has 0 aliphatic rings. The SMILES string of the molecule is CCC(NC(=O)CN(C)Cc1ccco1)c1ccc(Br)cc1. The van der Waals surface area contributed by atoms with Gasteiger partial charge < -0.3 is 9.73 Å². The summed E-state index contributed by atoms with van der Waals surface area (Å²) in [5.74, 6) is 0.874. The quantitative estimate of drug-likeness (QED) is 0.813. The molecule has 0 spiro atoms. The van der Waals surface area contributed by atoms with Gasteiger partial charge in [-0.3, -0.25) is 9.69 Å². The van der Waals surface area contributed by atoms with Crippen molar-refractivity contribution in [3.05, 3.63) is 58.5 Å². The maximum atomic E-state index is 12.2. The van der Waals surface area contributed by atoms with Gasteiger partial charge in [0, 0.05) is 4.47 Å². The molecule has 4 nitrogen and oxygen atoms in total. The van der Waals surface area contributed by atoms with Crippen LogP contribution in [0.2, 0.25) is 0 Å². The Morgan fingerprint density at radius 1 is 1.32 bits per heavy atom. The summed E-state index contributed by atoms with van der Waals surface area (Å²) < 4.78 is 6.33. The molecule has 1 N–H and O–H groups in total. The number of carbonyl (C=O) groups is 1. The van der Waals surface area contributed by atoms with Crippen LogP contribution < -0.4 is 5.32 Å². The third kappa shape index (κ3) is 5.00. The molecule has 1 amide bonds. The van der Waals surface area contributed by atoms with Crippen LogP contribution in [0, 0.1) is 0 Å². The number of rotatable bonds is 7. The smallest absolute Gasteiger partial charge is 0.234 e. The minimum atomic E-state index is 0.0174. The second-order valence-corrected chi connectivity index (χ2v) is 6.25. The van der Waals surface area contributed by atoms with Crippen LogP contribution in [0.25, 0.3) is 0 Å². The average molecular weight is 365 g/mol. The molecule has 1 atom stereocenters. The number of benzene rings is 1. The zero-order valence-corrected chi connectivity index (χ0v) is 14.5. The first-order chi connectivity index (χ1) is 10.6. The van der Waals surface area contributed by atoms with Gasteiger partial charge in [0.05, 0.1) is 25.4 Å². The van der Waals surface area contributed by atoms with Crippen LogP contribution in [0.4, 0.5) is 0 Å². The van der Waals surface area contributed by atoms with Gasteiger partial charge >= 0.3 is 0 Å². The van der Waals surface area contributed by atoms with E-state index in [1.54, 1.807) is 6.26 Å². The zero-order chi connectivity index (χ0) is 15.9. The van der Waals surface area contributed by atoms with E-state index in [9.17, 15) is 4.79 Å². The topological polar surface area (TPSA) is 45.5 Å². The lowest BCUT2D eigenvalue weighted by Crippen LogP contribution is -2.36. The van der Waals surface area contributed by atoms with Gasteiger partial charge in [-0.2, -0.15) is 0 Å². The molecule has 22 heavy (non-hydrogen) atoms. The highest BCUT2D eigenvalue weighted by Gasteiger charge is 2.14. The van der Waals surface area contributed by atoms with E-state index in [1.807, 2.05) is 48.3 Å². The number of furan rings is 1. The van der Waals surface area contributed by atoms with Gasteiger partial charge in [0.15, 0.2) is 0 Å². The van der Waals surface area contributed by atoms with Crippen molar-refractivity contribution >= 4 is 21.8 Å². The van der Waals surface area contributed by atoms with Crippen molar-refractivity contribution in [3.63, 3.8) is 0 Å². The largest absolute Gasteiger partial charge is 0.468 e. The molecule has 0 aliphatic carbocycles. The summed E-state index contributed by atoms with van der Waals surface area (Å²) in [6.45, 7) is 3.03. The standard InChI is InChI=1S/C17H21BrN2O2/c1-3-16(13-6-8-14(18)9-7-13)19-17(21)12-20(2)11-15-5-4-10-22-15/h4-10,16H,3,11-12H2,1-2H3,(H,19,21). The zero-order valence-electron chi connectivity index (χ0n) is 12.9. The van der Waals surface area contributed by atoms with E-state index in [-0.39, 0.29) is 11.9 Å². The van der Waals surface area contributed by atoms with E-state index in [0.717, 1.165) is 22.2 Å². The first-order valence-electron chi connectivity index (χ1n) is 7.34. The number of halogens is 1. The molecule has 2 aromatic rings. The maximum absolute atomic E-state index is 12.2. The molecule has 0 fully saturated rings. The van der Waals surface area contributed by atoms with Gasteiger partial charge in [-0.05, 0) is 43.3 Å². The number of nitrogens with zero attached hydrogens (tertiary/aromatic N) is 1. The number of carbonyl (C=O) groups excluding carboxylic acids is 1. The van der Waals surface area contributed by atoms with Crippen molar-refractivity contribution in [2.45, 2.75) is 25.9 Å². The van der Waals surface area contributed by atoms with Gasteiger partial charge in [0.1, 0.15) is 5.76 Å². The van der Waals surface area contributed by atoms with Crippen molar-refractivity contribution < 1.29 is 9.21 Å². The Morgan fingerprint density at radius 3 is 2.64 bits per heavy atom. The molecule has 0 aliphatic heterocycles. The second-order valence-electron chi connectivity index (χ2n) is 5.33. The third-order valence-corrected chi connectivity index (χ3v) is 3.96. The molecule has 1 aromatic heterocycles. The fraction of sp³-hybridized carbons (Fsp3) is 0.353. The summed E-state index contributed by atoms with van der Waals surface area (Å²) in [4.78, 5) is 14.1. The van der Waals surface area contributed by atoms with Gasteiger partial charge in [-0.25, -0.2) is 0 Å². The van der Waals surface area contributed by atoms with Crippen LogP contribution in [-0.4, -0.2) is 24.4 Å². The maximum Gasteiger partial charge on any atom is 0.234 e. The van der Waals surface area contributed by atoms with Crippen molar-refractivity contribution in [2.24, 2.45) is 0 Å². The Kier molecular flexibility index (Phi) is 6.21. The molecule has 0 radical (unpaired) electrons. The van der Waals surface area contributed by atoms with Crippen molar-refractivity contribution in [2.75, 3.05) is 13.6 Å². The normalized spacial score (nSPS) is 12.4. The van der Waals surface area contributed by atoms with Crippen molar-refractivity contribution in [1.82, 2.24) is 10.2 Å². The second kappa shape index (κ2) is 8.15. The molecule has 0 saturated heterocycles. The Bertz CT molecular complexity index is 581. The molecule has 1 heterocycles. The molecular weight excluding hydrogens is 344 g/mol. The molecule has 0 saturated carbocycles. The highest BCUT2D eigenvalue weighted by Crippen LogP contribution is 2.19. The minimum Gasteiger partial charge on any atom is -0.468 e. The first kappa shape index (κ1) is 16.8. The Balaban J connectivity index is 1.87. The number of hydrogen-bond donors (Lipinski definition) is 1. The molecule has 2 rings (SSSR count). The minimum absolute atomic E-state index is 0.0174. The van der Waals surface area contributed by atoms with Crippen LogP contribution in [-0.2, 0) is 11.3 Å². The fourth-order valence-electron chi connectivity index (χ4n) is 2.33. The Morgan fingerprint density at radius 2 is 2.05 bits per heavy atom. The summed E-state index contributed by atoms with van der Waals surface area (Å²) in [6, 6.07) is 11.9. The summed E-state index contributed by atoms with van der Waals surface area (Å²) >= 11 is 3.43.